The van der Waals surface area contributed by atoms with Crippen LogP contribution in [0.4, 0.5) is 19.0 Å². The van der Waals surface area contributed by atoms with Crippen LogP contribution in [0.3, 0.4) is 0 Å². The van der Waals surface area contributed by atoms with Crippen molar-refractivity contribution in [1.29, 1.82) is 0 Å². The number of halogens is 3. The van der Waals surface area contributed by atoms with Crippen LogP contribution in [0.1, 0.15) is 36.5 Å². The minimum Gasteiger partial charge on any atom is -0.439 e. The first kappa shape index (κ1) is 21.9. The van der Waals surface area contributed by atoms with Crippen LogP contribution in [-0.4, -0.2) is 23.1 Å². The van der Waals surface area contributed by atoms with Gasteiger partial charge in [-0.25, -0.2) is 9.97 Å². The van der Waals surface area contributed by atoms with Crippen molar-refractivity contribution in [3.05, 3.63) is 83.2 Å². The third kappa shape index (κ3) is 5.46. The standard InChI is InChI=1S/C25H24F3N3O/c1-2-18-8-11-29-23(16-18)31-12-9-19(10-13-31)14-20-4-3-5-22(15-20)32-24-7-6-21(17-30-24)25(26,27)28/h3-8,11,14-17H,2,9-10,12-13H2,1H3. The molecule has 0 radical (unpaired) electrons. The summed E-state index contributed by atoms with van der Waals surface area (Å²) >= 11 is 0. The van der Waals surface area contributed by atoms with Crippen LogP contribution in [0, 0.1) is 0 Å². The van der Waals surface area contributed by atoms with Gasteiger partial charge < -0.3 is 9.64 Å². The Morgan fingerprint density at radius 1 is 1.03 bits per heavy atom. The maximum atomic E-state index is 12.7. The molecule has 0 bridgehead atoms. The number of alkyl halides is 3. The third-order valence-electron chi connectivity index (χ3n) is 5.46. The molecule has 3 heterocycles. The fraction of sp³-hybridized carbons (Fsp3) is 0.280. The number of aromatic nitrogens is 2. The molecule has 1 aliphatic heterocycles. The predicted octanol–water partition coefficient (Wildman–Crippen LogP) is 6.53. The van der Waals surface area contributed by atoms with Crippen LogP contribution in [-0.2, 0) is 12.6 Å². The van der Waals surface area contributed by atoms with Gasteiger partial charge in [0.15, 0.2) is 0 Å². The summed E-state index contributed by atoms with van der Waals surface area (Å²) in [6, 6.07) is 13.9. The van der Waals surface area contributed by atoms with E-state index in [4.69, 9.17) is 4.74 Å². The van der Waals surface area contributed by atoms with Crippen LogP contribution >= 0.6 is 0 Å². The Kier molecular flexibility index (Phi) is 6.44. The summed E-state index contributed by atoms with van der Waals surface area (Å²) in [6.07, 6.45) is 3.28. The van der Waals surface area contributed by atoms with Crippen LogP contribution in [0.25, 0.3) is 6.08 Å². The number of anilines is 1. The summed E-state index contributed by atoms with van der Waals surface area (Å²) in [5, 5.41) is 0. The summed E-state index contributed by atoms with van der Waals surface area (Å²) in [5.41, 5.74) is 2.82. The minimum absolute atomic E-state index is 0.123. The largest absolute Gasteiger partial charge is 0.439 e. The molecule has 4 rings (SSSR count). The molecule has 166 valence electrons. The summed E-state index contributed by atoms with van der Waals surface area (Å²) < 4.78 is 43.7. The number of hydrogen-bond donors (Lipinski definition) is 0. The van der Waals surface area contributed by atoms with Crippen LogP contribution in [0.2, 0.25) is 0 Å². The van der Waals surface area contributed by atoms with Gasteiger partial charge in [-0.1, -0.05) is 30.7 Å². The monoisotopic (exact) mass is 439 g/mol. The molecule has 0 spiro atoms. The lowest BCUT2D eigenvalue weighted by molar-refractivity contribution is -0.137. The first-order valence-corrected chi connectivity index (χ1v) is 10.6. The number of piperidine rings is 1. The minimum atomic E-state index is -4.41. The molecule has 1 aliphatic rings. The average molecular weight is 439 g/mol. The maximum Gasteiger partial charge on any atom is 0.417 e. The number of benzene rings is 1. The number of nitrogens with zero attached hydrogens (tertiary/aromatic N) is 3. The van der Waals surface area contributed by atoms with Crippen molar-refractivity contribution in [1.82, 2.24) is 9.97 Å². The van der Waals surface area contributed by atoms with E-state index in [1.54, 1.807) is 6.07 Å². The highest BCUT2D eigenvalue weighted by Gasteiger charge is 2.30. The first-order valence-electron chi connectivity index (χ1n) is 10.6. The van der Waals surface area contributed by atoms with E-state index < -0.39 is 11.7 Å². The summed E-state index contributed by atoms with van der Waals surface area (Å²) in [5.74, 6) is 1.69. The Bertz CT molecular complexity index is 1080. The van der Waals surface area contributed by atoms with Crippen molar-refractivity contribution in [2.24, 2.45) is 0 Å². The zero-order valence-corrected chi connectivity index (χ0v) is 17.8. The lowest BCUT2D eigenvalue weighted by Gasteiger charge is -2.29. The van der Waals surface area contributed by atoms with Crippen molar-refractivity contribution >= 4 is 11.9 Å². The zero-order valence-electron chi connectivity index (χ0n) is 17.8. The molecule has 3 aromatic rings. The number of ether oxygens (including phenoxy) is 1. The van der Waals surface area contributed by atoms with Gasteiger partial charge in [0.05, 0.1) is 5.56 Å². The normalized spacial score (nSPS) is 14.4. The fourth-order valence-corrected chi connectivity index (χ4v) is 3.65. The lowest BCUT2D eigenvalue weighted by Crippen LogP contribution is -2.31. The smallest absolute Gasteiger partial charge is 0.417 e. The van der Waals surface area contributed by atoms with E-state index in [0.29, 0.717) is 5.75 Å². The second-order valence-corrected chi connectivity index (χ2v) is 7.72. The Morgan fingerprint density at radius 3 is 2.53 bits per heavy atom. The highest BCUT2D eigenvalue weighted by molar-refractivity contribution is 5.56. The SMILES string of the molecule is CCc1ccnc(N2CCC(=Cc3cccc(Oc4ccc(C(F)(F)F)cn4)c3)CC2)c1. The predicted molar refractivity (Wildman–Crippen MR) is 119 cm³/mol. The number of aryl methyl sites for hydroxylation is 1. The number of hydrogen-bond acceptors (Lipinski definition) is 4. The van der Waals surface area contributed by atoms with Crippen LogP contribution in [0.15, 0.2) is 66.5 Å². The molecule has 0 amide bonds. The number of pyridine rings is 2. The van der Waals surface area contributed by atoms with E-state index in [1.165, 1.54) is 17.2 Å². The van der Waals surface area contributed by atoms with Crippen LogP contribution in [0.5, 0.6) is 11.6 Å². The van der Waals surface area contributed by atoms with Gasteiger partial charge in [-0.3, -0.25) is 0 Å². The topological polar surface area (TPSA) is 38.2 Å². The molecule has 2 aromatic heterocycles. The maximum absolute atomic E-state index is 12.7. The molecular formula is C25H24F3N3O. The van der Waals surface area contributed by atoms with Gasteiger partial charge in [-0.15, -0.1) is 0 Å². The molecule has 0 N–H and O–H groups in total. The molecule has 7 heteroatoms. The van der Waals surface area contributed by atoms with Gasteiger partial charge in [-0.05, 0) is 60.7 Å². The Balaban J connectivity index is 1.39. The van der Waals surface area contributed by atoms with Gasteiger partial charge in [-0.2, -0.15) is 13.2 Å². The molecule has 0 atom stereocenters. The lowest BCUT2D eigenvalue weighted by atomic mass is 10.0. The molecule has 0 unspecified atom stereocenters. The molecular weight excluding hydrogens is 415 g/mol. The molecule has 0 saturated carbocycles. The quantitative estimate of drug-likeness (QED) is 0.453. The summed E-state index contributed by atoms with van der Waals surface area (Å²) in [4.78, 5) is 10.6. The molecule has 32 heavy (non-hydrogen) atoms. The van der Waals surface area contributed by atoms with E-state index >= 15 is 0 Å². The second kappa shape index (κ2) is 9.42. The summed E-state index contributed by atoms with van der Waals surface area (Å²) in [7, 11) is 0. The molecule has 1 fully saturated rings. The fourth-order valence-electron chi connectivity index (χ4n) is 3.65. The second-order valence-electron chi connectivity index (χ2n) is 7.72. The first-order chi connectivity index (χ1) is 15.4. The van der Waals surface area contributed by atoms with E-state index in [1.807, 2.05) is 30.5 Å². The van der Waals surface area contributed by atoms with E-state index in [2.05, 4.69) is 33.9 Å². The Morgan fingerprint density at radius 2 is 1.84 bits per heavy atom. The number of rotatable bonds is 5. The Hall–Kier alpha value is -3.35. The third-order valence-corrected chi connectivity index (χ3v) is 5.46. The van der Waals surface area contributed by atoms with Crippen molar-refractivity contribution in [2.75, 3.05) is 18.0 Å². The van der Waals surface area contributed by atoms with Gasteiger partial charge >= 0.3 is 6.18 Å². The Labute approximate surface area is 185 Å². The molecule has 4 nitrogen and oxygen atoms in total. The van der Waals surface area contributed by atoms with Crippen LogP contribution < -0.4 is 9.64 Å². The van der Waals surface area contributed by atoms with Gasteiger partial charge in [0.2, 0.25) is 5.88 Å². The van der Waals surface area contributed by atoms with Crippen molar-refractivity contribution in [3.63, 3.8) is 0 Å². The van der Waals surface area contributed by atoms with Gasteiger partial charge in [0.1, 0.15) is 11.6 Å². The average Bonchev–Trinajstić information content (AvgIpc) is 2.80. The molecule has 1 aromatic carbocycles. The van der Waals surface area contributed by atoms with Crippen molar-refractivity contribution in [3.8, 4) is 11.6 Å². The van der Waals surface area contributed by atoms with E-state index in [-0.39, 0.29) is 5.88 Å². The van der Waals surface area contributed by atoms with E-state index in [0.717, 1.165) is 56.0 Å². The molecule has 1 saturated heterocycles. The van der Waals surface area contributed by atoms with Crippen molar-refractivity contribution in [2.45, 2.75) is 32.4 Å². The molecule has 0 aliphatic carbocycles. The van der Waals surface area contributed by atoms with Crippen molar-refractivity contribution < 1.29 is 17.9 Å². The zero-order chi connectivity index (χ0) is 22.6. The summed E-state index contributed by atoms with van der Waals surface area (Å²) in [6.45, 7) is 3.97. The highest BCUT2D eigenvalue weighted by Crippen LogP contribution is 2.30. The van der Waals surface area contributed by atoms with E-state index in [9.17, 15) is 13.2 Å². The highest BCUT2D eigenvalue weighted by atomic mass is 19.4. The van der Waals surface area contributed by atoms with Gasteiger partial charge in [0.25, 0.3) is 0 Å². The van der Waals surface area contributed by atoms with Gasteiger partial charge in [0, 0.05) is 31.5 Å².